The van der Waals surface area contributed by atoms with Gasteiger partial charge in [-0.05, 0) is 42.2 Å². The Hall–Kier alpha value is -2.50. The summed E-state index contributed by atoms with van der Waals surface area (Å²) < 4.78 is 10.5. The molecule has 6 heteroatoms. The molecule has 1 aromatic rings. The van der Waals surface area contributed by atoms with Gasteiger partial charge < -0.3 is 19.9 Å². The molecule has 0 unspecified atom stereocenters. The lowest BCUT2D eigenvalue weighted by molar-refractivity contribution is -0.152. The summed E-state index contributed by atoms with van der Waals surface area (Å²) in [6.45, 7) is 0. The van der Waals surface area contributed by atoms with Crippen LogP contribution in [-0.4, -0.2) is 31.2 Å². The third kappa shape index (κ3) is 2.47. The highest BCUT2D eigenvalue weighted by Gasteiger charge is 2.63. The fourth-order valence-corrected chi connectivity index (χ4v) is 4.70. The van der Waals surface area contributed by atoms with Crippen LogP contribution in [0.4, 0.5) is 5.69 Å². The van der Waals surface area contributed by atoms with Crippen LogP contribution >= 0.6 is 0 Å². The number of hydrogen-bond donors (Lipinski definition) is 2. The van der Waals surface area contributed by atoms with E-state index in [9.17, 15) is 14.7 Å². The molecule has 0 aliphatic heterocycles. The molecule has 132 valence electrons. The molecule has 1 amide bonds. The first-order chi connectivity index (χ1) is 12.0. The lowest BCUT2D eigenvalue weighted by atomic mass is 9.62. The van der Waals surface area contributed by atoms with Gasteiger partial charge in [-0.1, -0.05) is 12.2 Å². The molecule has 0 aromatic heterocycles. The molecule has 25 heavy (non-hydrogen) atoms. The Morgan fingerprint density at radius 3 is 2.36 bits per heavy atom. The van der Waals surface area contributed by atoms with Crippen molar-refractivity contribution < 1.29 is 24.2 Å². The second-order valence-corrected chi connectivity index (χ2v) is 7.05. The molecule has 2 bridgehead atoms. The van der Waals surface area contributed by atoms with Crippen molar-refractivity contribution in [2.24, 2.45) is 35.5 Å². The topological polar surface area (TPSA) is 84.9 Å². The number of benzene rings is 1. The van der Waals surface area contributed by atoms with E-state index in [1.807, 2.05) is 12.2 Å². The van der Waals surface area contributed by atoms with Gasteiger partial charge in [-0.2, -0.15) is 0 Å². The first-order valence-electron chi connectivity index (χ1n) is 8.49. The number of aliphatic carboxylic acids is 1. The third-order valence-electron chi connectivity index (χ3n) is 5.90. The summed E-state index contributed by atoms with van der Waals surface area (Å²) in [5.74, 6) is -0.378. The Morgan fingerprint density at radius 2 is 1.76 bits per heavy atom. The van der Waals surface area contributed by atoms with Gasteiger partial charge in [-0.25, -0.2) is 0 Å². The molecular weight excluding hydrogens is 322 g/mol. The molecule has 5 rings (SSSR count). The van der Waals surface area contributed by atoms with Gasteiger partial charge in [0.25, 0.3) is 0 Å². The molecule has 6 atom stereocenters. The largest absolute Gasteiger partial charge is 0.497 e. The second-order valence-electron chi connectivity index (χ2n) is 7.05. The van der Waals surface area contributed by atoms with Gasteiger partial charge in [-0.3, -0.25) is 9.59 Å². The van der Waals surface area contributed by atoms with Crippen LogP contribution in [0.2, 0.25) is 0 Å². The van der Waals surface area contributed by atoms with Crippen molar-refractivity contribution >= 4 is 17.6 Å². The molecule has 2 N–H and O–H groups in total. The van der Waals surface area contributed by atoms with E-state index in [4.69, 9.17) is 9.47 Å². The van der Waals surface area contributed by atoms with E-state index in [1.54, 1.807) is 25.3 Å². The molecule has 0 heterocycles. The number of allylic oxidation sites excluding steroid dienone is 2. The summed E-state index contributed by atoms with van der Waals surface area (Å²) >= 11 is 0. The first-order valence-corrected chi connectivity index (χ1v) is 8.49. The number of carboxylic acid groups (broad SMARTS) is 1. The average Bonchev–Trinajstić information content (AvgIpc) is 3.43. The fourth-order valence-electron chi connectivity index (χ4n) is 4.70. The average molecular weight is 343 g/mol. The highest BCUT2D eigenvalue weighted by molar-refractivity contribution is 5.97. The lowest BCUT2D eigenvalue weighted by Crippen LogP contribution is -2.48. The number of anilines is 1. The lowest BCUT2D eigenvalue weighted by Gasteiger charge is -2.41. The first kappa shape index (κ1) is 16.0. The van der Waals surface area contributed by atoms with Crippen LogP contribution in [0.25, 0.3) is 0 Å². The van der Waals surface area contributed by atoms with E-state index in [0.29, 0.717) is 29.0 Å². The quantitative estimate of drug-likeness (QED) is 0.802. The zero-order valence-corrected chi connectivity index (χ0v) is 14.1. The van der Waals surface area contributed by atoms with Crippen LogP contribution in [0.3, 0.4) is 0 Å². The monoisotopic (exact) mass is 343 g/mol. The maximum absolute atomic E-state index is 13.0. The van der Waals surface area contributed by atoms with Gasteiger partial charge in [0, 0.05) is 6.07 Å². The molecule has 1 aromatic carbocycles. The smallest absolute Gasteiger partial charge is 0.307 e. The normalized spacial score (nSPS) is 34.2. The number of fused-ring (bicyclic) bond motifs is 1. The van der Waals surface area contributed by atoms with Crippen molar-refractivity contribution in [2.75, 3.05) is 19.5 Å². The number of amides is 1. The van der Waals surface area contributed by atoms with E-state index in [1.165, 1.54) is 7.11 Å². The Balaban J connectivity index is 1.63. The van der Waals surface area contributed by atoms with Crippen LogP contribution in [0.1, 0.15) is 6.42 Å². The number of methoxy groups -OCH3 is 2. The second kappa shape index (κ2) is 5.79. The number of ether oxygens (including phenoxy) is 2. The molecule has 4 aliphatic rings. The van der Waals surface area contributed by atoms with Crippen molar-refractivity contribution in [1.29, 1.82) is 0 Å². The van der Waals surface area contributed by atoms with Crippen LogP contribution in [0.5, 0.6) is 11.5 Å². The number of carbonyl (C=O) groups is 2. The minimum Gasteiger partial charge on any atom is -0.497 e. The summed E-state index contributed by atoms with van der Waals surface area (Å²) in [6.07, 6.45) is 5.08. The number of carboxylic acids is 1. The summed E-state index contributed by atoms with van der Waals surface area (Å²) in [5, 5.41) is 12.6. The van der Waals surface area contributed by atoms with Gasteiger partial charge in [0.15, 0.2) is 0 Å². The van der Waals surface area contributed by atoms with Crippen LogP contribution < -0.4 is 14.8 Å². The van der Waals surface area contributed by atoms with Gasteiger partial charge >= 0.3 is 5.97 Å². The minimum atomic E-state index is -0.887. The zero-order chi connectivity index (χ0) is 17.7. The molecule has 0 saturated heterocycles. The number of hydrogen-bond acceptors (Lipinski definition) is 4. The maximum Gasteiger partial charge on any atom is 0.307 e. The molecule has 0 radical (unpaired) electrons. The minimum absolute atomic E-state index is 0.00713. The molecule has 2 fully saturated rings. The number of rotatable bonds is 5. The van der Waals surface area contributed by atoms with Crippen molar-refractivity contribution in [3.8, 4) is 11.5 Å². The summed E-state index contributed by atoms with van der Waals surface area (Å²) in [6, 6.07) is 5.14. The van der Waals surface area contributed by atoms with Crippen molar-refractivity contribution in [3.63, 3.8) is 0 Å². The molecule has 6 nitrogen and oxygen atoms in total. The molecule has 2 saturated carbocycles. The molecule has 4 aliphatic carbocycles. The van der Waals surface area contributed by atoms with E-state index < -0.39 is 17.8 Å². The van der Waals surface area contributed by atoms with Crippen LogP contribution in [-0.2, 0) is 9.59 Å². The van der Waals surface area contributed by atoms with Crippen molar-refractivity contribution in [2.45, 2.75) is 6.42 Å². The standard InChI is InChI=1S/C19H21NO5/c1-24-9-3-6-15(25-2)14(7-9)20-18(21)16-10-4-5-11(13-8-12(10)13)17(16)19(22)23/h3-7,10-13,16-17H,8H2,1-2H3,(H,20,21)(H,22,23)/t10-,11-,12+,13-,16+,17+/m0/s1. The van der Waals surface area contributed by atoms with Crippen molar-refractivity contribution in [1.82, 2.24) is 0 Å². The van der Waals surface area contributed by atoms with Gasteiger partial charge in [0.2, 0.25) is 5.91 Å². The SMILES string of the molecule is COc1ccc(OC)c(NC(=O)[C@@H]2[C@H]3C=C[C@@H]([C@@H]4C[C@H]34)[C@H]2C(=O)O)c1. The Bertz CT molecular complexity index is 758. The molecule has 0 spiro atoms. The Morgan fingerprint density at radius 1 is 1.08 bits per heavy atom. The van der Waals surface area contributed by atoms with E-state index in [-0.39, 0.29) is 17.7 Å². The predicted molar refractivity (Wildman–Crippen MR) is 90.5 cm³/mol. The highest BCUT2D eigenvalue weighted by Crippen LogP contribution is 2.63. The summed E-state index contributed by atoms with van der Waals surface area (Å²) in [7, 11) is 3.07. The van der Waals surface area contributed by atoms with E-state index >= 15 is 0 Å². The summed E-state index contributed by atoms with van der Waals surface area (Å²) in [4.78, 5) is 24.8. The zero-order valence-electron chi connectivity index (χ0n) is 14.1. The Kier molecular flexibility index (Phi) is 3.71. The third-order valence-corrected chi connectivity index (χ3v) is 5.90. The number of nitrogens with one attached hydrogen (secondary N) is 1. The highest BCUT2D eigenvalue weighted by atomic mass is 16.5. The number of carbonyl (C=O) groups excluding carboxylic acids is 1. The fraction of sp³-hybridized carbons (Fsp3) is 0.474. The molecular formula is C19H21NO5. The van der Waals surface area contributed by atoms with Crippen LogP contribution in [0, 0.1) is 35.5 Å². The van der Waals surface area contributed by atoms with Gasteiger partial charge in [0.05, 0.1) is 31.7 Å². The summed E-state index contributed by atoms with van der Waals surface area (Å²) in [5.41, 5.74) is 0.494. The predicted octanol–water partition coefficient (Wildman–Crippen LogP) is 2.41. The maximum atomic E-state index is 13.0. The van der Waals surface area contributed by atoms with E-state index in [0.717, 1.165) is 6.42 Å². The van der Waals surface area contributed by atoms with Gasteiger partial charge in [0.1, 0.15) is 11.5 Å². The van der Waals surface area contributed by atoms with Crippen molar-refractivity contribution in [3.05, 3.63) is 30.4 Å². The van der Waals surface area contributed by atoms with Crippen LogP contribution in [0.15, 0.2) is 30.4 Å². The van der Waals surface area contributed by atoms with Gasteiger partial charge in [-0.15, -0.1) is 0 Å². The Labute approximate surface area is 145 Å². The van der Waals surface area contributed by atoms with E-state index in [2.05, 4.69) is 5.32 Å².